The van der Waals surface area contributed by atoms with E-state index in [2.05, 4.69) is 173 Å². The number of benzene rings is 7. The number of furan rings is 1. The van der Waals surface area contributed by atoms with Crippen molar-refractivity contribution in [2.75, 3.05) is 4.90 Å². The third-order valence-corrected chi connectivity index (χ3v) is 12.5. The van der Waals surface area contributed by atoms with Crippen LogP contribution in [0.2, 0.25) is 0 Å². The van der Waals surface area contributed by atoms with E-state index < -0.39 is 0 Å². The largest absolute Gasteiger partial charge is 0.456 e. The Balaban J connectivity index is 1.10. The smallest absolute Gasteiger partial charge is 0.141 e. The van der Waals surface area contributed by atoms with Gasteiger partial charge in [-0.05, 0) is 72.1 Å². The Hall–Kier alpha value is -6.36. The topological polar surface area (TPSA) is 21.3 Å². The van der Waals surface area contributed by atoms with Crippen LogP contribution >= 0.6 is 11.3 Å². The summed E-state index contributed by atoms with van der Waals surface area (Å²) in [6, 6.07) is 57.7. The monoisotopic (exact) mass is 682 g/mol. The second kappa shape index (κ2) is 10.6. The van der Waals surface area contributed by atoms with Gasteiger partial charge in [0.1, 0.15) is 11.0 Å². The van der Waals surface area contributed by atoms with Crippen LogP contribution < -0.4 is 15.5 Å². The van der Waals surface area contributed by atoms with Crippen LogP contribution in [0.3, 0.4) is 0 Å². The van der Waals surface area contributed by atoms with E-state index >= 15 is 0 Å². The quantitative estimate of drug-likeness (QED) is 0.185. The fourth-order valence-electron chi connectivity index (χ4n) is 9.08. The summed E-state index contributed by atoms with van der Waals surface area (Å²) in [7, 11) is 0. The Morgan fingerprint density at radius 2 is 1.27 bits per heavy atom. The number of thiophene rings is 1. The molecule has 7 aromatic carbocycles. The van der Waals surface area contributed by atoms with E-state index in [1.54, 1.807) is 0 Å². The average molecular weight is 683 g/mol. The van der Waals surface area contributed by atoms with E-state index in [1.807, 2.05) is 11.3 Å². The van der Waals surface area contributed by atoms with E-state index in [0.29, 0.717) is 0 Å². The summed E-state index contributed by atoms with van der Waals surface area (Å²) < 4.78 is 11.9. The highest BCUT2D eigenvalue weighted by Crippen LogP contribution is 2.48. The van der Waals surface area contributed by atoms with Crippen molar-refractivity contribution in [1.82, 2.24) is 4.57 Å². The second-order valence-electron chi connectivity index (χ2n) is 14.0. The minimum atomic E-state index is 0.104. The zero-order chi connectivity index (χ0) is 33.9. The molecule has 0 spiro atoms. The Morgan fingerprint density at radius 3 is 2.12 bits per heavy atom. The number of aromatic nitrogens is 1. The van der Waals surface area contributed by atoms with Crippen molar-refractivity contribution in [1.29, 1.82) is 0 Å². The van der Waals surface area contributed by atoms with Crippen molar-refractivity contribution in [3.63, 3.8) is 0 Å². The van der Waals surface area contributed by atoms with Gasteiger partial charge in [-0.2, -0.15) is 0 Å². The van der Waals surface area contributed by atoms with Crippen LogP contribution in [0.25, 0.3) is 81.4 Å². The number of nitrogens with zero attached hydrogens (tertiary/aromatic N) is 2. The summed E-state index contributed by atoms with van der Waals surface area (Å²) in [4.78, 5) is 2.56. The van der Waals surface area contributed by atoms with Gasteiger partial charge in [-0.1, -0.05) is 109 Å². The lowest BCUT2D eigenvalue weighted by atomic mass is 9.94. The number of para-hydroxylation sites is 3. The molecule has 52 heavy (non-hydrogen) atoms. The van der Waals surface area contributed by atoms with Crippen LogP contribution in [-0.4, -0.2) is 10.6 Å². The van der Waals surface area contributed by atoms with Gasteiger partial charge in [-0.15, -0.1) is 11.3 Å². The van der Waals surface area contributed by atoms with Crippen LogP contribution in [0.1, 0.15) is 12.0 Å². The van der Waals surface area contributed by atoms with Crippen LogP contribution in [0.15, 0.2) is 162 Å². The minimum Gasteiger partial charge on any atom is -0.456 e. The standard InChI is InChI=1S/C48H30N2OS/c1-5-19-40-33(13-1)34-14-2-6-20-41(34)49(40)31-23-25-42-39(28-31)46-43(26-24-37-35-15-3-7-21-44(35)51-47(37)46)50(42)30-12-9-11-29(27-30)32-17-10-18-38-36-16-4-8-22-45(36)52-48(32)38/h1-25,27-28,43H,26H2. The number of anilines is 2. The summed E-state index contributed by atoms with van der Waals surface area (Å²) in [6.07, 6.45) is 3.28. The Kier molecular flexibility index (Phi) is 5.77. The summed E-state index contributed by atoms with van der Waals surface area (Å²) in [5.74, 6) is 0. The SMILES string of the molecule is C1=c2c(oc3ccccc23)=C2c3cc(-n4c5ccccc5c5ccccc54)ccc3N(c3cccc(-c4cccc5c4sc4ccccc45)c3)C2C1. The van der Waals surface area contributed by atoms with Crippen molar-refractivity contribution in [2.24, 2.45) is 0 Å². The number of hydrogen-bond acceptors (Lipinski definition) is 3. The van der Waals surface area contributed by atoms with Crippen LogP contribution in [0.5, 0.6) is 0 Å². The van der Waals surface area contributed by atoms with Gasteiger partial charge >= 0.3 is 0 Å². The summed E-state index contributed by atoms with van der Waals surface area (Å²) >= 11 is 1.89. The van der Waals surface area contributed by atoms with E-state index in [4.69, 9.17) is 4.42 Å². The van der Waals surface area contributed by atoms with Crippen molar-refractivity contribution in [3.05, 3.63) is 174 Å². The molecule has 0 radical (unpaired) electrons. The molecule has 4 heterocycles. The third kappa shape index (κ3) is 3.85. The van der Waals surface area contributed by atoms with E-state index in [-0.39, 0.29) is 6.04 Å². The Labute approximate surface area is 303 Å². The molecule has 3 aromatic heterocycles. The molecule has 0 bridgehead atoms. The molecule has 1 unspecified atom stereocenters. The maximum atomic E-state index is 6.79. The zero-order valence-electron chi connectivity index (χ0n) is 28.1. The van der Waals surface area contributed by atoms with Crippen LogP contribution in [0, 0.1) is 0 Å². The maximum absolute atomic E-state index is 6.79. The second-order valence-corrected chi connectivity index (χ2v) is 15.0. The lowest BCUT2D eigenvalue weighted by Crippen LogP contribution is -2.37. The molecule has 10 aromatic rings. The third-order valence-electron chi connectivity index (χ3n) is 11.3. The molecule has 0 fully saturated rings. The van der Waals surface area contributed by atoms with Crippen molar-refractivity contribution in [3.8, 4) is 16.8 Å². The van der Waals surface area contributed by atoms with Gasteiger partial charge in [-0.25, -0.2) is 0 Å². The summed E-state index contributed by atoms with van der Waals surface area (Å²) in [5.41, 5.74) is 12.9. The molecule has 0 saturated heterocycles. The Bertz CT molecular complexity index is 3200. The molecule has 12 rings (SSSR count). The van der Waals surface area contributed by atoms with Crippen molar-refractivity contribution < 1.29 is 4.42 Å². The highest BCUT2D eigenvalue weighted by molar-refractivity contribution is 7.26. The first-order valence-corrected chi connectivity index (χ1v) is 18.8. The van der Waals surface area contributed by atoms with Crippen molar-refractivity contribution in [2.45, 2.75) is 12.5 Å². The van der Waals surface area contributed by atoms with E-state index in [9.17, 15) is 0 Å². The predicted octanol–water partition coefficient (Wildman–Crippen LogP) is 11.5. The fraction of sp³-hybridized carbons (Fsp3) is 0.0417. The van der Waals surface area contributed by atoms with Gasteiger partial charge in [0.05, 0.1) is 17.1 Å². The first-order valence-electron chi connectivity index (χ1n) is 17.9. The van der Waals surface area contributed by atoms with Crippen LogP contribution in [-0.2, 0) is 0 Å². The fourth-order valence-corrected chi connectivity index (χ4v) is 10.3. The van der Waals surface area contributed by atoms with E-state index in [1.165, 1.54) is 86.2 Å². The molecule has 0 amide bonds. The molecule has 0 saturated carbocycles. The summed E-state index contributed by atoms with van der Waals surface area (Å²) in [5, 5.41) is 7.57. The van der Waals surface area contributed by atoms with Crippen molar-refractivity contribution >= 4 is 87.3 Å². The lowest BCUT2D eigenvalue weighted by molar-refractivity contribution is 0.565. The predicted molar refractivity (Wildman–Crippen MR) is 219 cm³/mol. The Morgan fingerprint density at radius 1 is 0.558 bits per heavy atom. The van der Waals surface area contributed by atoms with Gasteiger partial charge in [0.25, 0.3) is 0 Å². The van der Waals surface area contributed by atoms with Crippen LogP contribution in [0.4, 0.5) is 11.4 Å². The molecular weight excluding hydrogens is 653 g/mol. The molecule has 2 aliphatic rings. The molecule has 244 valence electrons. The first kappa shape index (κ1) is 28.3. The molecule has 3 nitrogen and oxygen atoms in total. The van der Waals surface area contributed by atoms with Gasteiger partial charge < -0.3 is 13.9 Å². The summed E-state index contributed by atoms with van der Waals surface area (Å²) in [6.45, 7) is 0. The normalized spacial score (nSPS) is 15.1. The zero-order valence-corrected chi connectivity index (χ0v) is 28.9. The number of rotatable bonds is 3. The first-order chi connectivity index (χ1) is 25.8. The molecule has 4 heteroatoms. The molecule has 1 atom stereocenters. The molecule has 0 N–H and O–H groups in total. The number of fused-ring (bicyclic) bond motifs is 12. The number of hydrogen-bond donors (Lipinski definition) is 0. The maximum Gasteiger partial charge on any atom is 0.141 e. The molecule has 1 aliphatic heterocycles. The van der Waals surface area contributed by atoms with E-state index in [0.717, 1.165) is 23.1 Å². The highest BCUT2D eigenvalue weighted by atomic mass is 32.1. The molecule has 1 aliphatic carbocycles. The highest BCUT2D eigenvalue weighted by Gasteiger charge is 2.38. The van der Waals surface area contributed by atoms with Gasteiger partial charge in [0.15, 0.2) is 0 Å². The van der Waals surface area contributed by atoms with Gasteiger partial charge in [0, 0.05) is 69.7 Å². The average Bonchev–Trinajstić information content (AvgIpc) is 3.95. The van der Waals surface area contributed by atoms with Gasteiger partial charge in [0.2, 0.25) is 0 Å². The lowest BCUT2D eigenvalue weighted by Gasteiger charge is -2.28. The minimum absolute atomic E-state index is 0.104. The van der Waals surface area contributed by atoms with Gasteiger partial charge in [-0.3, -0.25) is 0 Å². The molecular formula is C48H30N2OS.